The van der Waals surface area contributed by atoms with Crippen LogP contribution in [-0.4, -0.2) is 42.3 Å². The summed E-state index contributed by atoms with van der Waals surface area (Å²) >= 11 is 0. The molecule has 1 saturated carbocycles. The van der Waals surface area contributed by atoms with Crippen LogP contribution in [0.2, 0.25) is 0 Å². The van der Waals surface area contributed by atoms with Crippen molar-refractivity contribution < 1.29 is 9.53 Å². The first-order chi connectivity index (χ1) is 10.2. The van der Waals surface area contributed by atoms with Crippen LogP contribution in [0, 0.1) is 11.8 Å². The van der Waals surface area contributed by atoms with Gasteiger partial charge >= 0.3 is 0 Å². The average Bonchev–Trinajstić information content (AvgIpc) is 3.15. The van der Waals surface area contributed by atoms with Crippen LogP contribution in [0.1, 0.15) is 58.8 Å². The summed E-state index contributed by atoms with van der Waals surface area (Å²) in [4.78, 5) is 15.2. The van der Waals surface area contributed by atoms with E-state index in [2.05, 4.69) is 24.1 Å². The molecule has 3 fully saturated rings. The second-order valence-corrected chi connectivity index (χ2v) is 7.14. The molecular weight excluding hydrogens is 264 g/mol. The lowest BCUT2D eigenvalue weighted by Crippen LogP contribution is -2.50. The van der Waals surface area contributed by atoms with Crippen LogP contribution < -0.4 is 5.32 Å². The number of carbonyl (C=O) groups is 1. The van der Waals surface area contributed by atoms with Crippen LogP contribution in [0.4, 0.5) is 0 Å². The molecule has 3 aliphatic rings. The summed E-state index contributed by atoms with van der Waals surface area (Å²) in [5.41, 5.74) is 0. The molecule has 1 aliphatic carbocycles. The first kappa shape index (κ1) is 15.3. The largest absolute Gasteiger partial charge is 0.379 e. The van der Waals surface area contributed by atoms with Crippen molar-refractivity contribution in [3.05, 3.63) is 0 Å². The normalized spacial score (nSPS) is 36.4. The molecule has 0 spiro atoms. The fourth-order valence-electron chi connectivity index (χ4n) is 4.26. The third-order valence-corrected chi connectivity index (χ3v) is 5.76. The molecule has 2 saturated heterocycles. The van der Waals surface area contributed by atoms with E-state index in [1.165, 1.54) is 25.7 Å². The van der Waals surface area contributed by atoms with Crippen molar-refractivity contribution in [2.45, 2.75) is 77.0 Å². The second kappa shape index (κ2) is 6.66. The monoisotopic (exact) mass is 294 g/mol. The number of ether oxygens (including phenoxy) is 1. The summed E-state index contributed by atoms with van der Waals surface area (Å²) in [6.07, 6.45) is 8.66. The van der Waals surface area contributed by atoms with Crippen LogP contribution in [0.25, 0.3) is 0 Å². The summed E-state index contributed by atoms with van der Waals surface area (Å²) in [5, 5.41) is 3.70. The van der Waals surface area contributed by atoms with E-state index in [1.807, 2.05) is 0 Å². The molecule has 0 aromatic heterocycles. The Balaban J connectivity index is 1.78. The highest BCUT2D eigenvalue weighted by Gasteiger charge is 2.47. The maximum absolute atomic E-state index is 13.0. The number of hydrogen-bond acceptors (Lipinski definition) is 3. The molecule has 21 heavy (non-hydrogen) atoms. The fraction of sp³-hybridized carbons (Fsp3) is 0.941. The fourth-order valence-corrected chi connectivity index (χ4v) is 4.26. The highest BCUT2D eigenvalue weighted by atomic mass is 16.5. The van der Waals surface area contributed by atoms with Gasteiger partial charge in [0.2, 0.25) is 5.91 Å². The lowest BCUT2D eigenvalue weighted by atomic mass is 9.99. The van der Waals surface area contributed by atoms with E-state index in [0.29, 0.717) is 23.8 Å². The van der Waals surface area contributed by atoms with Gasteiger partial charge in [0.05, 0.1) is 24.9 Å². The Labute approximate surface area is 128 Å². The van der Waals surface area contributed by atoms with Gasteiger partial charge in [0, 0.05) is 6.61 Å². The third-order valence-electron chi connectivity index (χ3n) is 5.76. The predicted octanol–water partition coefficient (Wildman–Crippen LogP) is 2.53. The molecule has 2 heterocycles. The molecule has 1 N–H and O–H groups in total. The van der Waals surface area contributed by atoms with Gasteiger partial charge in [-0.05, 0) is 37.5 Å². The van der Waals surface area contributed by atoms with Crippen molar-refractivity contribution >= 4 is 5.91 Å². The van der Waals surface area contributed by atoms with Crippen LogP contribution in [0.3, 0.4) is 0 Å². The van der Waals surface area contributed by atoms with E-state index in [9.17, 15) is 4.79 Å². The van der Waals surface area contributed by atoms with Crippen LogP contribution >= 0.6 is 0 Å². The van der Waals surface area contributed by atoms with E-state index in [4.69, 9.17) is 4.74 Å². The van der Waals surface area contributed by atoms with Crippen molar-refractivity contribution in [2.75, 3.05) is 13.2 Å². The number of nitrogens with one attached hydrogen (secondary N) is 1. The molecule has 0 aromatic rings. The van der Waals surface area contributed by atoms with Gasteiger partial charge in [-0.3, -0.25) is 10.1 Å². The van der Waals surface area contributed by atoms with Crippen LogP contribution in [0.15, 0.2) is 0 Å². The standard InChI is InChI=1S/C17H30N2O2/c1-3-12(2)15-17(20)19(14-9-6-10-21-11-14)16(18-15)13-7-4-5-8-13/h12-16,18H,3-11H2,1-2H3. The Morgan fingerprint density at radius 2 is 2.05 bits per heavy atom. The van der Waals surface area contributed by atoms with Crippen LogP contribution in [-0.2, 0) is 9.53 Å². The lowest BCUT2D eigenvalue weighted by molar-refractivity contribution is -0.136. The SMILES string of the molecule is CCC(C)C1NC(C2CCCC2)N(C2CCCOC2)C1=O. The quantitative estimate of drug-likeness (QED) is 0.866. The maximum Gasteiger partial charge on any atom is 0.241 e. The van der Waals surface area contributed by atoms with E-state index >= 15 is 0 Å². The zero-order valence-electron chi connectivity index (χ0n) is 13.5. The molecule has 0 aromatic carbocycles. The summed E-state index contributed by atoms with van der Waals surface area (Å²) in [6, 6.07) is 0.306. The molecule has 1 amide bonds. The third kappa shape index (κ3) is 2.98. The van der Waals surface area contributed by atoms with Gasteiger partial charge in [-0.25, -0.2) is 0 Å². The van der Waals surface area contributed by atoms with Gasteiger partial charge in [0.25, 0.3) is 0 Å². The molecule has 0 bridgehead atoms. The first-order valence-electron chi connectivity index (χ1n) is 8.88. The molecule has 120 valence electrons. The van der Waals surface area contributed by atoms with Crippen molar-refractivity contribution in [3.8, 4) is 0 Å². The second-order valence-electron chi connectivity index (χ2n) is 7.14. The summed E-state index contributed by atoms with van der Waals surface area (Å²) in [7, 11) is 0. The minimum Gasteiger partial charge on any atom is -0.379 e. The molecule has 3 rings (SSSR count). The van der Waals surface area contributed by atoms with Gasteiger partial charge in [0.15, 0.2) is 0 Å². The van der Waals surface area contributed by atoms with Crippen molar-refractivity contribution in [1.82, 2.24) is 10.2 Å². The van der Waals surface area contributed by atoms with E-state index < -0.39 is 0 Å². The number of amides is 1. The number of carbonyl (C=O) groups excluding carboxylic acids is 1. The van der Waals surface area contributed by atoms with Crippen LogP contribution in [0.5, 0.6) is 0 Å². The van der Waals surface area contributed by atoms with Gasteiger partial charge in [-0.15, -0.1) is 0 Å². The molecule has 4 unspecified atom stereocenters. The van der Waals surface area contributed by atoms with E-state index in [1.54, 1.807) is 0 Å². The van der Waals surface area contributed by atoms with Gasteiger partial charge in [-0.1, -0.05) is 33.1 Å². The van der Waals surface area contributed by atoms with Crippen molar-refractivity contribution in [1.29, 1.82) is 0 Å². The zero-order chi connectivity index (χ0) is 14.8. The number of rotatable bonds is 4. The summed E-state index contributed by atoms with van der Waals surface area (Å²) in [6.45, 7) is 5.96. The smallest absolute Gasteiger partial charge is 0.241 e. The Morgan fingerprint density at radius 3 is 2.67 bits per heavy atom. The highest BCUT2D eigenvalue weighted by Crippen LogP contribution is 2.35. The minimum absolute atomic E-state index is 0.0162. The van der Waals surface area contributed by atoms with Gasteiger partial charge in [-0.2, -0.15) is 0 Å². The van der Waals surface area contributed by atoms with E-state index in [-0.39, 0.29) is 12.2 Å². The molecule has 4 atom stereocenters. The summed E-state index contributed by atoms with van der Waals surface area (Å²) in [5.74, 6) is 1.39. The first-order valence-corrected chi connectivity index (χ1v) is 8.88. The Bertz CT molecular complexity index is 362. The topological polar surface area (TPSA) is 41.6 Å². The molecule has 4 heteroatoms. The highest BCUT2D eigenvalue weighted by molar-refractivity contribution is 5.85. The molecule has 2 aliphatic heterocycles. The Kier molecular flexibility index (Phi) is 4.85. The average molecular weight is 294 g/mol. The van der Waals surface area contributed by atoms with Crippen molar-refractivity contribution in [3.63, 3.8) is 0 Å². The zero-order valence-corrected chi connectivity index (χ0v) is 13.5. The maximum atomic E-state index is 13.0. The van der Waals surface area contributed by atoms with Crippen molar-refractivity contribution in [2.24, 2.45) is 11.8 Å². The predicted molar refractivity (Wildman–Crippen MR) is 82.8 cm³/mol. The number of hydrogen-bond donors (Lipinski definition) is 1. The lowest BCUT2D eigenvalue weighted by Gasteiger charge is -2.37. The van der Waals surface area contributed by atoms with E-state index in [0.717, 1.165) is 32.5 Å². The number of nitrogens with zero attached hydrogens (tertiary/aromatic N) is 1. The summed E-state index contributed by atoms with van der Waals surface area (Å²) < 4.78 is 5.65. The molecule has 0 radical (unpaired) electrons. The molecular formula is C17H30N2O2. The van der Waals surface area contributed by atoms with Gasteiger partial charge < -0.3 is 9.64 Å². The van der Waals surface area contributed by atoms with Gasteiger partial charge in [0.1, 0.15) is 0 Å². The molecule has 4 nitrogen and oxygen atoms in total. The Morgan fingerprint density at radius 1 is 1.29 bits per heavy atom. The minimum atomic E-state index is 0.0162. The Hall–Kier alpha value is -0.610.